The Balaban J connectivity index is 1.34. The number of aromatic amines is 1. The molecule has 128 valence electrons. The summed E-state index contributed by atoms with van der Waals surface area (Å²) >= 11 is 0. The number of aromatic nitrogens is 1. The molecule has 2 aromatic carbocycles. The van der Waals surface area contributed by atoms with Crippen LogP contribution in [0, 0.1) is 0 Å². The zero-order valence-electron chi connectivity index (χ0n) is 14.3. The van der Waals surface area contributed by atoms with Crippen molar-refractivity contribution in [1.82, 2.24) is 10.3 Å². The Morgan fingerprint density at radius 3 is 2.60 bits per heavy atom. The second-order valence-electron chi connectivity index (χ2n) is 6.67. The summed E-state index contributed by atoms with van der Waals surface area (Å²) in [7, 11) is 0. The average molecular weight is 333 g/mol. The summed E-state index contributed by atoms with van der Waals surface area (Å²) < 4.78 is 0. The average Bonchev–Trinajstić information content (AvgIpc) is 3.31. The molecule has 0 saturated carbocycles. The molecule has 1 saturated heterocycles. The van der Waals surface area contributed by atoms with Gasteiger partial charge in [0.2, 0.25) is 5.91 Å². The fraction of sp³-hybridized carbons (Fsp3) is 0.286. The number of hydrogen-bond donors (Lipinski definition) is 2. The number of H-pyrrole nitrogens is 1. The van der Waals surface area contributed by atoms with Gasteiger partial charge < -0.3 is 15.2 Å². The van der Waals surface area contributed by atoms with Gasteiger partial charge in [0.05, 0.1) is 6.42 Å². The number of benzene rings is 2. The summed E-state index contributed by atoms with van der Waals surface area (Å²) in [6, 6.07) is 16.6. The van der Waals surface area contributed by atoms with E-state index in [0.29, 0.717) is 13.0 Å². The highest BCUT2D eigenvalue weighted by Gasteiger charge is 2.12. The van der Waals surface area contributed by atoms with E-state index in [1.807, 2.05) is 30.5 Å². The molecule has 1 aliphatic heterocycles. The minimum Gasteiger partial charge on any atom is -0.372 e. The van der Waals surface area contributed by atoms with Crippen LogP contribution in [0.25, 0.3) is 10.9 Å². The summed E-state index contributed by atoms with van der Waals surface area (Å²) in [4.78, 5) is 17.9. The van der Waals surface area contributed by atoms with Crippen LogP contribution in [-0.4, -0.2) is 24.0 Å². The van der Waals surface area contributed by atoms with Crippen molar-refractivity contribution in [3.05, 3.63) is 65.9 Å². The molecule has 0 aliphatic carbocycles. The van der Waals surface area contributed by atoms with Gasteiger partial charge in [0, 0.05) is 42.4 Å². The number of fused-ring (bicyclic) bond motifs is 1. The van der Waals surface area contributed by atoms with Crippen LogP contribution in [0.3, 0.4) is 0 Å². The molecule has 0 unspecified atom stereocenters. The van der Waals surface area contributed by atoms with E-state index in [1.165, 1.54) is 18.5 Å². The number of rotatable bonds is 5. The number of carbonyl (C=O) groups is 1. The Kier molecular flexibility index (Phi) is 4.42. The van der Waals surface area contributed by atoms with Crippen LogP contribution in [0.2, 0.25) is 0 Å². The molecule has 1 amide bonds. The second kappa shape index (κ2) is 7.01. The molecular weight excluding hydrogens is 310 g/mol. The number of nitrogens with zero attached hydrogens (tertiary/aromatic N) is 1. The van der Waals surface area contributed by atoms with Crippen molar-refractivity contribution in [2.45, 2.75) is 25.8 Å². The van der Waals surface area contributed by atoms with E-state index in [9.17, 15) is 4.79 Å². The molecule has 4 heteroatoms. The standard InChI is InChI=1S/C21H23N3O/c25-21(13-17-15-22-20-6-2-1-5-19(17)20)23-14-16-7-9-18(10-8-16)24-11-3-4-12-24/h1-2,5-10,15,22H,3-4,11-14H2,(H,23,25). The fourth-order valence-corrected chi connectivity index (χ4v) is 3.51. The van der Waals surface area contributed by atoms with Crippen LogP contribution >= 0.6 is 0 Å². The number of anilines is 1. The van der Waals surface area contributed by atoms with Gasteiger partial charge in [-0.15, -0.1) is 0 Å². The van der Waals surface area contributed by atoms with Gasteiger partial charge in [-0.25, -0.2) is 0 Å². The third kappa shape index (κ3) is 3.53. The first-order valence-corrected chi connectivity index (χ1v) is 8.95. The monoisotopic (exact) mass is 333 g/mol. The van der Waals surface area contributed by atoms with Crippen LogP contribution in [0.1, 0.15) is 24.0 Å². The molecule has 1 aromatic heterocycles. The maximum absolute atomic E-state index is 12.3. The quantitative estimate of drug-likeness (QED) is 0.749. The second-order valence-corrected chi connectivity index (χ2v) is 6.67. The number of para-hydroxylation sites is 1. The molecule has 0 bridgehead atoms. The third-order valence-electron chi connectivity index (χ3n) is 4.92. The predicted octanol–water partition coefficient (Wildman–Crippen LogP) is 3.63. The molecule has 4 rings (SSSR count). The van der Waals surface area contributed by atoms with Crippen LogP contribution in [0.5, 0.6) is 0 Å². The van der Waals surface area contributed by atoms with Crippen LogP contribution in [-0.2, 0) is 17.8 Å². The minimum absolute atomic E-state index is 0.0494. The summed E-state index contributed by atoms with van der Waals surface area (Å²) in [6.07, 6.45) is 4.89. The zero-order chi connectivity index (χ0) is 17.1. The van der Waals surface area contributed by atoms with Crippen LogP contribution < -0.4 is 10.2 Å². The van der Waals surface area contributed by atoms with E-state index in [0.717, 1.165) is 35.1 Å². The molecule has 0 spiro atoms. The molecule has 0 atom stereocenters. The Bertz CT molecular complexity index is 860. The summed E-state index contributed by atoms with van der Waals surface area (Å²) in [5.74, 6) is 0.0494. The summed E-state index contributed by atoms with van der Waals surface area (Å²) in [6.45, 7) is 2.88. The van der Waals surface area contributed by atoms with Crippen molar-refractivity contribution in [3.63, 3.8) is 0 Å². The first-order chi connectivity index (χ1) is 12.3. The molecule has 3 aromatic rings. The van der Waals surface area contributed by atoms with Gasteiger partial charge in [-0.1, -0.05) is 30.3 Å². The van der Waals surface area contributed by atoms with Crippen molar-refractivity contribution < 1.29 is 4.79 Å². The Morgan fingerprint density at radius 1 is 1.04 bits per heavy atom. The lowest BCUT2D eigenvalue weighted by atomic mass is 10.1. The van der Waals surface area contributed by atoms with E-state index < -0.39 is 0 Å². The number of hydrogen-bond acceptors (Lipinski definition) is 2. The number of carbonyl (C=O) groups excluding carboxylic acids is 1. The molecule has 0 radical (unpaired) electrons. The largest absolute Gasteiger partial charge is 0.372 e. The first-order valence-electron chi connectivity index (χ1n) is 8.95. The lowest BCUT2D eigenvalue weighted by molar-refractivity contribution is -0.120. The highest BCUT2D eigenvalue weighted by atomic mass is 16.1. The molecule has 2 heterocycles. The van der Waals surface area contributed by atoms with Gasteiger partial charge in [-0.05, 0) is 42.2 Å². The van der Waals surface area contributed by atoms with Gasteiger partial charge in [0.15, 0.2) is 0 Å². The third-order valence-corrected chi connectivity index (χ3v) is 4.92. The molecular formula is C21H23N3O. The van der Waals surface area contributed by atoms with E-state index in [2.05, 4.69) is 39.5 Å². The van der Waals surface area contributed by atoms with Crippen LogP contribution in [0.15, 0.2) is 54.7 Å². The van der Waals surface area contributed by atoms with E-state index in [-0.39, 0.29) is 5.91 Å². The van der Waals surface area contributed by atoms with E-state index >= 15 is 0 Å². The van der Waals surface area contributed by atoms with Crippen molar-refractivity contribution in [2.75, 3.05) is 18.0 Å². The van der Waals surface area contributed by atoms with Gasteiger partial charge in [-0.3, -0.25) is 4.79 Å². The highest BCUT2D eigenvalue weighted by Crippen LogP contribution is 2.21. The minimum atomic E-state index is 0.0494. The predicted molar refractivity (Wildman–Crippen MR) is 102 cm³/mol. The Morgan fingerprint density at radius 2 is 1.80 bits per heavy atom. The lowest BCUT2D eigenvalue weighted by Gasteiger charge is -2.17. The van der Waals surface area contributed by atoms with Crippen molar-refractivity contribution >= 4 is 22.5 Å². The van der Waals surface area contributed by atoms with E-state index in [4.69, 9.17) is 0 Å². The smallest absolute Gasteiger partial charge is 0.224 e. The maximum Gasteiger partial charge on any atom is 0.224 e. The number of amides is 1. The van der Waals surface area contributed by atoms with Crippen LogP contribution in [0.4, 0.5) is 5.69 Å². The van der Waals surface area contributed by atoms with Gasteiger partial charge in [0.25, 0.3) is 0 Å². The number of nitrogens with one attached hydrogen (secondary N) is 2. The Labute approximate surface area is 147 Å². The fourth-order valence-electron chi connectivity index (χ4n) is 3.51. The highest BCUT2D eigenvalue weighted by molar-refractivity contribution is 5.88. The SMILES string of the molecule is O=C(Cc1c[nH]c2ccccc12)NCc1ccc(N2CCCC2)cc1. The summed E-state index contributed by atoms with van der Waals surface area (Å²) in [5, 5.41) is 4.14. The molecule has 2 N–H and O–H groups in total. The molecule has 4 nitrogen and oxygen atoms in total. The topological polar surface area (TPSA) is 48.1 Å². The zero-order valence-corrected chi connectivity index (χ0v) is 14.3. The summed E-state index contributed by atoms with van der Waals surface area (Å²) in [5.41, 5.74) is 4.53. The van der Waals surface area contributed by atoms with Gasteiger partial charge in [0.1, 0.15) is 0 Å². The van der Waals surface area contributed by atoms with Crippen molar-refractivity contribution in [2.24, 2.45) is 0 Å². The van der Waals surface area contributed by atoms with Crippen molar-refractivity contribution in [3.8, 4) is 0 Å². The molecule has 25 heavy (non-hydrogen) atoms. The van der Waals surface area contributed by atoms with Gasteiger partial charge >= 0.3 is 0 Å². The molecule has 1 fully saturated rings. The van der Waals surface area contributed by atoms with Crippen molar-refractivity contribution in [1.29, 1.82) is 0 Å². The Hall–Kier alpha value is -2.75. The lowest BCUT2D eigenvalue weighted by Crippen LogP contribution is -2.24. The normalized spacial score (nSPS) is 14.2. The maximum atomic E-state index is 12.3. The first kappa shape index (κ1) is 15.8. The molecule has 1 aliphatic rings. The van der Waals surface area contributed by atoms with E-state index in [1.54, 1.807) is 0 Å². The van der Waals surface area contributed by atoms with Gasteiger partial charge in [-0.2, -0.15) is 0 Å².